The number of ether oxygens (including phenoxy) is 1. The number of aldehydes is 1. The Morgan fingerprint density at radius 3 is 2.67 bits per heavy atom. The number of hydrogen-bond donors (Lipinski definition) is 0. The Kier molecular flexibility index (Phi) is 3.60. The Hall–Kier alpha value is -1.65. The van der Waals surface area contributed by atoms with Crippen molar-refractivity contribution in [1.29, 1.82) is 0 Å². The fraction of sp³-hybridized carbons (Fsp3) is 0.500. The zero-order valence-electron chi connectivity index (χ0n) is 9.11. The average Bonchev–Trinajstić information content (AvgIpc) is 2.41. The van der Waals surface area contributed by atoms with Crippen LogP contribution < -0.4 is 0 Å². The molecule has 1 rings (SSSR count). The van der Waals surface area contributed by atoms with E-state index in [2.05, 4.69) is 5.10 Å². The molecule has 5 heteroatoms. The molecule has 0 N–H and O–H groups in total. The van der Waals surface area contributed by atoms with Crippen LogP contribution in [0.4, 0.5) is 0 Å². The molecule has 0 unspecified atom stereocenters. The van der Waals surface area contributed by atoms with E-state index in [1.165, 1.54) is 6.92 Å². The minimum absolute atomic E-state index is 0.273. The largest absolute Gasteiger partial charge is 0.464 e. The van der Waals surface area contributed by atoms with Crippen LogP contribution in [0.1, 0.15) is 28.7 Å². The van der Waals surface area contributed by atoms with Crippen molar-refractivity contribution in [3.63, 3.8) is 0 Å². The predicted molar refractivity (Wildman–Crippen MR) is 53.7 cm³/mol. The van der Waals surface area contributed by atoms with Crippen molar-refractivity contribution >= 4 is 12.3 Å². The van der Waals surface area contributed by atoms with Crippen LogP contribution in [0.3, 0.4) is 0 Å². The van der Waals surface area contributed by atoms with Gasteiger partial charge in [-0.2, -0.15) is 5.10 Å². The van der Waals surface area contributed by atoms with E-state index in [0.29, 0.717) is 17.8 Å². The lowest BCUT2D eigenvalue weighted by Crippen LogP contribution is -2.11. The van der Waals surface area contributed by atoms with E-state index < -0.39 is 0 Å². The van der Waals surface area contributed by atoms with Crippen molar-refractivity contribution in [3.05, 3.63) is 17.0 Å². The zero-order valence-corrected chi connectivity index (χ0v) is 9.11. The van der Waals surface area contributed by atoms with E-state index in [1.54, 1.807) is 11.6 Å². The SMILES string of the molecule is CC(=O)OCCn1nc(C)c(C=O)c1C. The molecular formula is C10H14N2O3. The Bertz CT molecular complexity index is 382. The number of carbonyl (C=O) groups excluding carboxylic acids is 2. The lowest BCUT2D eigenvalue weighted by molar-refractivity contribution is -0.141. The molecule has 0 fully saturated rings. The maximum Gasteiger partial charge on any atom is 0.302 e. The van der Waals surface area contributed by atoms with Gasteiger partial charge in [-0.25, -0.2) is 0 Å². The maximum atomic E-state index is 10.7. The summed E-state index contributed by atoms with van der Waals surface area (Å²) in [5.41, 5.74) is 2.11. The second-order valence-electron chi connectivity index (χ2n) is 3.27. The number of rotatable bonds is 4. The van der Waals surface area contributed by atoms with Gasteiger partial charge in [0.1, 0.15) is 6.61 Å². The number of carbonyl (C=O) groups is 2. The fourth-order valence-electron chi connectivity index (χ4n) is 1.37. The van der Waals surface area contributed by atoms with Gasteiger partial charge in [0.05, 0.1) is 17.8 Å². The van der Waals surface area contributed by atoms with E-state index >= 15 is 0 Å². The van der Waals surface area contributed by atoms with E-state index in [1.807, 2.05) is 6.92 Å². The highest BCUT2D eigenvalue weighted by molar-refractivity contribution is 5.78. The summed E-state index contributed by atoms with van der Waals surface area (Å²) in [6, 6.07) is 0. The quantitative estimate of drug-likeness (QED) is 0.546. The number of aromatic nitrogens is 2. The van der Waals surface area contributed by atoms with Crippen LogP contribution >= 0.6 is 0 Å². The summed E-state index contributed by atoms with van der Waals surface area (Å²) in [4.78, 5) is 21.2. The van der Waals surface area contributed by atoms with E-state index in [9.17, 15) is 9.59 Å². The van der Waals surface area contributed by atoms with E-state index in [0.717, 1.165) is 12.0 Å². The number of hydrogen-bond acceptors (Lipinski definition) is 4. The fourth-order valence-corrected chi connectivity index (χ4v) is 1.37. The third-order valence-corrected chi connectivity index (χ3v) is 2.16. The van der Waals surface area contributed by atoms with Gasteiger partial charge in [0.2, 0.25) is 0 Å². The molecule has 82 valence electrons. The molecule has 0 atom stereocenters. The Morgan fingerprint density at radius 1 is 1.53 bits per heavy atom. The third-order valence-electron chi connectivity index (χ3n) is 2.16. The van der Waals surface area contributed by atoms with Crippen molar-refractivity contribution in [2.75, 3.05) is 6.61 Å². The van der Waals surface area contributed by atoms with Gasteiger partial charge in [-0.15, -0.1) is 0 Å². The lowest BCUT2D eigenvalue weighted by Gasteiger charge is -2.04. The summed E-state index contributed by atoms with van der Waals surface area (Å²) in [6.07, 6.45) is 0.792. The normalized spacial score (nSPS) is 10.1. The minimum atomic E-state index is -0.313. The topological polar surface area (TPSA) is 61.2 Å². The minimum Gasteiger partial charge on any atom is -0.464 e. The van der Waals surface area contributed by atoms with Crippen molar-refractivity contribution in [1.82, 2.24) is 9.78 Å². The van der Waals surface area contributed by atoms with Gasteiger partial charge in [0.25, 0.3) is 0 Å². The number of aryl methyl sites for hydroxylation is 1. The summed E-state index contributed by atoms with van der Waals surface area (Å²) in [5, 5.41) is 4.17. The van der Waals surface area contributed by atoms with Gasteiger partial charge in [-0.3, -0.25) is 14.3 Å². The predicted octanol–water partition coefficient (Wildman–Crippen LogP) is 0.876. The Morgan fingerprint density at radius 2 is 2.20 bits per heavy atom. The molecule has 0 saturated heterocycles. The summed E-state index contributed by atoms with van der Waals surface area (Å²) in [6.45, 7) is 5.70. The summed E-state index contributed by atoms with van der Waals surface area (Å²) < 4.78 is 6.46. The Balaban J connectivity index is 2.70. The molecule has 0 aliphatic heterocycles. The van der Waals surface area contributed by atoms with Crippen molar-refractivity contribution in [2.45, 2.75) is 27.3 Å². The second kappa shape index (κ2) is 4.72. The van der Waals surface area contributed by atoms with Gasteiger partial charge >= 0.3 is 5.97 Å². The molecule has 0 aliphatic rings. The summed E-state index contributed by atoms with van der Waals surface area (Å²) >= 11 is 0. The zero-order chi connectivity index (χ0) is 11.4. The lowest BCUT2D eigenvalue weighted by atomic mass is 10.2. The van der Waals surface area contributed by atoms with Crippen LogP contribution in [0.25, 0.3) is 0 Å². The molecule has 0 radical (unpaired) electrons. The van der Waals surface area contributed by atoms with Gasteiger partial charge < -0.3 is 4.74 Å². The molecule has 1 aromatic rings. The summed E-state index contributed by atoms with van der Waals surface area (Å²) in [5.74, 6) is -0.313. The molecule has 0 aliphatic carbocycles. The second-order valence-corrected chi connectivity index (χ2v) is 3.27. The van der Waals surface area contributed by atoms with E-state index in [-0.39, 0.29) is 12.6 Å². The first-order valence-electron chi connectivity index (χ1n) is 4.68. The van der Waals surface area contributed by atoms with Crippen LogP contribution in [0, 0.1) is 13.8 Å². The van der Waals surface area contributed by atoms with Crippen LogP contribution in [0.2, 0.25) is 0 Å². The molecule has 0 saturated carbocycles. The van der Waals surface area contributed by atoms with Gasteiger partial charge in [-0.05, 0) is 13.8 Å². The van der Waals surface area contributed by atoms with Crippen LogP contribution in [0.5, 0.6) is 0 Å². The monoisotopic (exact) mass is 210 g/mol. The molecule has 0 amide bonds. The van der Waals surface area contributed by atoms with Crippen molar-refractivity contribution in [2.24, 2.45) is 0 Å². The first-order valence-corrected chi connectivity index (χ1v) is 4.68. The molecule has 0 aromatic carbocycles. The average molecular weight is 210 g/mol. The highest BCUT2D eigenvalue weighted by Crippen LogP contribution is 2.09. The molecule has 1 aromatic heterocycles. The Labute approximate surface area is 88.0 Å². The molecule has 0 bridgehead atoms. The summed E-state index contributed by atoms with van der Waals surface area (Å²) in [7, 11) is 0. The van der Waals surface area contributed by atoms with Gasteiger partial charge in [0.15, 0.2) is 6.29 Å². The third kappa shape index (κ3) is 2.65. The van der Waals surface area contributed by atoms with Crippen LogP contribution in [-0.4, -0.2) is 28.6 Å². The standard InChI is InChI=1S/C10H14N2O3/c1-7-10(6-13)8(2)12(11-7)4-5-15-9(3)14/h6H,4-5H2,1-3H3. The maximum absolute atomic E-state index is 10.7. The molecular weight excluding hydrogens is 196 g/mol. The molecule has 1 heterocycles. The molecule has 0 spiro atoms. The number of nitrogens with zero attached hydrogens (tertiary/aromatic N) is 2. The van der Waals surface area contributed by atoms with Crippen molar-refractivity contribution < 1.29 is 14.3 Å². The van der Waals surface area contributed by atoms with Crippen molar-refractivity contribution in [3.8, 4) is 0 Å². The van der Waals surface area contributed by atoms with E-state index in [4.69, 9.17) is 4.74 Å². The van der Waals surface area contributed by atoms with Crippen LogP contribution in [-0.2, 0) is 16.1 Å². The molecule has 15 heavy (non-hydrogen) atoms. The first kappa shape index (κ1) is 11.4. The van der Waals surface area contributed by atoms with Gasteiger partial charge in [0, 0.05) is 12.6 Å². The highest BCUT2D eigenvalue weighted by atomic mass is 16.5. The number of esters is 1. The van der Waals surface area contributed by atoms with Crippen LogP contribution in [0.15, 0.2) is 0 Å². The molecule has 5 nitrogen and oxygen atoms in total. The highest BCUT2D eigenvalue weighted by Gasteiger charge is 2.10. The first-order chi connectivity index (χ1) is 7.06. The smallest absolute Gasteiger partial charge is 0.302 e. The van der Waals surface area contributed by atoms with Gasteiger partial charge in [-0.1, -0.05) is 0 Å².